The SMILES string of the molecule is Cc1cc(OC(F)(F)F)cc2c1O[C@H](C(F)(F)F)C(C(=O)OC(C)OC(=O)OC(CO[N+](=O)[O-])CO[N+](=O)[O-])=C2. The van der Waals surface area contributed by atoms with E-state index in [1.165, 1.54) is 0 Å². The zero-order valence-corrected chi connectivity index (χ0v) is 19.8. The number of nitrogens with zero attached hydrogens (tertiary/aromatic N) is 2. The van der Waals surface area contributed by atoms with E-state index >= 15 is 0 Å². The van der Waals surface area contributed by atoms with E-state index in [4.69, 9.17) is 4.74 Å². The van der Waals surface area contributed by atoms with Crippen LogP contribution >= 0.6 is 0 Å². The topological polar surface area (TPSA) is 185 Å². The fourth-order valence-corrected chi connectivity index (χ4v) is 3.01. The Balaban J connectivity index is 2.20. The number of hydrogen-bond donors (Lipinski definition) is 0. The van der Waals surface area contributed by atoms with Crippen molar-refractivity contribution in [3.8, 4) is 11.5 Å². The van der Waals surface area contributed by atoms with Crippen LogP contribution in [0, 0.1) is 27.2 Å². The van der Waals surface area contributed by atoms with E-state index in [-0.39, 0.29) is 5.56 Å². The van der Waals surface area contributed by atoms with Crippen LogP contribution in [0.3, 0.4) is 0 Å². The second-order valence-corrected chi connectivity index (χ2v) is 7.46. The van der Waals surface area contributed by atoms with Gasteiger partial charge in [0.25, 0.3) is 10.2 Å². The first-order chi connectivity index (χ1) is 18.4. The number of halogens is 6. The third kappa shape index (κ3) is 9.54. The molecule has 0 fully saturated rings. The molecule has 0 saturated heterocycles. The van der Waals surface area contributed by atoms with Crippen molar-refractivity contribution in [3.05, 3.63) is 49.1 Å². The Morgan fingerprint density at radius 2 is 1.57 bits per heavy atom. The van der Waals surface area contributed by atoms with E-state index in [0.717, 1.165) is 19.9 Å². The molecule has 1 heterocycles. The minimum absolute atomic E-state index is 0.189. The van der Waals surface area contributed by atoms with Gasteiger partial charge in [-0.15, -0.1) is 33.4 Å². The molecule has 2 atom stereocenters. The molecule has 0 spiro atoms. The molecule has 21 heteroatoms. The van der Waals surface area contributed by atoms with E-state index in [9.17, 15) is 56.2 Å². The molecule has 222 valence electrons. The summed E-state index contributed by atoms with van der Waals surface area (Å²) in [5.41, 5.74) is -1.84. The zero-order valence-electron chi connectivity index (χ0n) is 19.8. The summed E-state index contributed by atoms with van der Waals surface area (Å²) in [6, 6.07) is 1.42. The maximum absolute atomic E-state index is 13.7. The molecule has 1 aliphatic rings. The smallest absolute Gasteiger partial charge is 0.475 e. The number of carbonyl (C=O) groups is 2. The van der Waals surface area contributed by atoms with E-state index in [1.54, 1.807) is 0 Å². The van der Waals surface area contributed by atoms with Gasteiger partial charge in [-0.1, -0.05) is 0 Å². The van der Waals surface area contributed by atoms with Crippen molar-refractivity contribution in [1.29, 1.82) is 0 Å². The molecule has 0 saturated carbocycles. The van der Waals surface area contributed by atoms with Gasteiger partial charge in [0.1, 0.15) is 24.7 Å². The van der Waals surface area contributed by atoms with Crippen molar-refractivity contribution in [2.24, 2.45) is 0 Å². The maximum Gasteiger partial charge on any atom is 0.573 e. The fourth-order valence-electron chi connectivity index (χ4n) is 3.01. The van der Waals surface area contributed by atoms with Gasteiger partial charge in [-0.05, 0) is 30.7 Å². The number of hydrogen-bond acceptors (Lipinski definition) is 13. The Morgan fingerprint density at radius 1 is 1.00 bits per heavy atom. The predicted molar refractivity (Wildman–Crippen MR) is 109 cm³/mol. The van der Waals surface area contributed by atoms with Crippen molar-refractivity contribution in [3.63, 3.8) is 0 Å². The lowest BCUT2D eigenvalue weighted by Crippen LogP contribution is -2.41. The quantitative estimate of drug-likeness (QED) is 0.119. The fraction of sp³-hybridized carbons (Fsp3) is 0.474. The predicted octanol–water partition coefficient (Wildman–Crippen LogP) is 3.43. The molecule has 1 unspecified atom stereocenters. The molecule has 1 aliphatic heterocycles. The molecular formula is C19H16F6N2O13. The van der Waals surface area contributed by atoms with Gasteiger partial charge in [-0.25, -0.2) is 9.59 Å². The Kier molecular flexibility index (Phi) is 9.78. The van der Waals surface area contributed by atoms with Crippen LogP contribution in [0.5, 0.6) is 11.5 Å². The van der Waals surface area contributed by atoms with E-state index in [0.29, 0.717) is 12.1 Å². The molecule has 1 aromatic carbocycles. The highest BCUT2D eigenvalue weighted by Gasteiger charge is 2.49. The maximum atomic E-state index is 13.7. The summed E-state index contributed by atoms with van der Waals surface area (Å²) in [4.78, 5) is 52.8. The summed E-state index contributed by atoms with van der Waals surface area (Å²) >= 11 is 0. The molecule has 0 aromatic heterocycles. The van der Waals surface area contributed by atoms with Crippen LogP contribution in [0.4, 0.5) is 31.1 Å². The standard InChI is InChI=1S/C19H16F6N2O13/c1-8-3-11(40-19(23,24)25)4-10-5-13(15(18(20,21)22)39-14(8)10)16(28)36-9(2)37-17(29)38-12(6-34-26(30)31)7-35-27(32)33/h3-5,9,12,15H,6-7H2,1-2H3/t9?,15-/m0/s1. The van der Waals surface area contributed by atoms with Gasteiger partial charge in [0, 0.05) is 12.5 Å². The van der Waals surface area contributed by atoms with Crippen LogP contribution in [0.2, 0.25) is 0 Å². The molecule has 0 radical (unpaired) electrons. The second kappa shape index (κ2) is 12.4. The van der Waals surface area contributed by atoms with Crippen LogP contribution in [0.25, 0.3) is 6.08 Å². The van der Waals surface area contributed by atoms with Gasteiger partial charge >= 0.3 is 24.7 Å². The second-order valence-electron chi connectivity index (χ2n) is 7.46. The van der Waals surface area contributed by atoms with Gasteiger partial charge in [-0.2, -0.15) is 13.2 Å². The summed E-state index contributed by atoms with van der Waals surface area (Å²) in [6.45, 7) is -0.148. The van der Waals surface area contributed by atoms with Crippen molar-refractivity contribution >= 4 is 18.2 Å². The highest BCUT2D eigenvalue weighted by atomic mass is 19.4. The highest BCUT2D eigenvalue weighted by molar-refractivity contribution is 5.96. The first-order valence-corrected chi connectivity index (χ1v) is 10.3. The minimum atomic E-state index is -5.22. The first kappa shape index (κ1) is 31.5. The number of esters is 1. The number of alkyl halides is 6. The molecule has 0 bridgehead atoms. The summed E-state index contributed by atoms with van der Waals surface area (Å²) in [7, 11) is 0. The van der Waals surface area contributed by atoms with Crippen molar-refractivity contribution in [1.82, 2.24) is 0 Å². The molecule has 40 heavy (non-hydrogen) atoms. The summed E-state index contributed by atoms with van der Waals surface area (Å²) < 4.78 is 101. The minimum Gasteiger partial charge on any atom is -0.475 e. The molecule has 0 aliphatic carbocycles. The monoisotopic (exact) mass is 594 g/mol. The third-order valence-electron chi connectivity index (χ3n) is 4.40. The molecule has 0 N–H and O–H groups in total. The third-order valence-corrected chi connectivity index (χ3v) is 4.40. The Hall–Kier alpha value is -4.72. The van der Waals surface area contributed by atoms with Crippen molar-refractivity contribution in [2.45, 2.75) is 44.9 Å². The zero-order chi connectivity index (χ0) is 30.4. The number of fused-ring (bicyclic) bond motifs is 1. The van der Waals surface area contributed by atoms with Gasteiger partial charge in [0.15, 0.2) is 6.10 Å². The molecule has 15 nitrogen and oxygen atoms in total. The number of benzene rings is 1. The Bertz CT molecular complexity index is 1150. The van der Waals surface area contributed by atoms with Gasteiger partial charge in [0.2, 0.25) is 12.4 Å². The number of aryl methyl sites for hydroxylation is 1. The average molecular weight is 594 g/mol. The first-order valence-electron chi connectivity index (χ1n) is 10.3. The van der Waals surface area contributed by atoms with Gasteiger partial charge < -0.3 is 33.4 Å². The van der Waals surface area contributed by atoms with Crippen molar-refractivity contribution in [2.75, 3.05) is 13.2 Å². The highest BCUT2D eigenvalue weighted by Crippen LogP contribution is 2.41. The number of ether oxygens (including phenoxy) is 5. The molecule has 2 rings (SSSR count). The summed E-state index contributed by atoms with van der Waals surface area (Å²) in [5.74, 6) is -3.10. The summed E-state index contributed by atoms with van der Waals surface area (Å²) in [5, 5.41) is 17.9. The molecule has 0 amide bonds. The lowest BCUT2D eigenvalue weighted by Gasteiger charge is -2.29. The Labute approximate surface area is 217 Å². The summed E-state index contributed by atoms with van der Waals surface area (Å²) in [6.07, 6.45) is -18.3. The van der Waals surface area contributed by atoms with Crippen LogP contribution < -0.4 is 9.47 Å². The number of carbonyl (C=O) groups excluding carboxylic acids is 2. The van der Waals surface area contributed by atoms with E-state index in [2.05, 4.69) is 28.6 Å². The van der Waals surface area contributed by atoms with Crippen molar-refractivity contribution < 1.29 is 79.5 Å². The van der Waals surface area contributed by atoms with Gasteiger partial charge in [-0.3, -0.25) is 0 Å². The lowest BCUT2D eigenvalue weighted by atomic mass is 9.99. The van der Waals surface area contributed by atoms with Crippen LogP contribution in [-0.2, 0) is 28.7 Å². The molecule has 1 aromatic rings. The van der Waals surface area contributed by atoms with Crippen LogP contribution in [0.15, 0.2) is 17.7 Å². The average Bonchev–Trinajstić information content (AvgIpc) is 2.77. The van der Waals surface area contributed by atoms with Crippen LogP contribution in [-0.4, -0.2) is 66.5 Å². The normalized spacial score (nSPS) is 15.5. The number of rotatable bonds is 11. The Morgan fingerprint density at radius 3 is 2.08 bits per heavy atom. The largest absolute Gasteiger partial charge is 0.573 e. The van der Waals surface area contributed by atoms with Gasteiger partial charge in [0.05, 0.1) is 5.57 Å². The lowest BCUT2D eigenvalue weighted by molar-refractivity contribution is -0.768. The van der Waals surface area contributed by atoms with E-state index < -0.39 is 89.2 Å². The molecular weight excluding hydrogens is 578 g/mol. The van der Waals surface area contributed by atoms with Crippen LogP contribution in [0.1, 0.15) is 18.1 Å². The van der Waals surface area contributed by atoms with E-state index in [1.807, 2.05) is 0 Å².